The Morgan fingerprint density at radius 3 is 2.50 bits per heavy atom. The van der Waals surface area contributed by atoms with Gasteiger partial charge in [-0.2, -0.15) is 0 Å². The smallest absolute Gasteiger partial charge is 0.108 e. The van der Waals surface area contributed by atoms with Crippen LogP contribution in [0.4, 0.5) is 0 Å². The Morgan fingerprint density at radius 2 is 1.72 bits per heavy atom. The van der Waals surface area contributed by atoms with Crippen LogP contribution in [0.1, 0.15) is 23.0 Å². The van der Waals surface area contributed by atoms with Crippen LogP contribution in [0.25, 0.3) is 10.8 Å². The maximum atomic E-state index is 10.5. The van der Waals surface area contributed by atoms with Gasteiger partial charge in [0.15, 0.2) is 0 Å². The van der Waals surface area contributed by atoms with E-state index in [0.717, 1.165) is 27.7 Å². The molecule has 3 rings (SSSR count). The van der Waals surface area contributed by atoms with Gasteiger partial charge in [-0.25, -0.2) is 0 Å². The van der Waals surface area contributed by atoms with Crippen LogP contribution in [-0.2, 0) is 0 Å². The molecule has 0 aliphatic rings. The standard InChI is InChI=1S/C16H14O2/c1-11-13(9-10-18-11)16(17)15-8-4-6-12-5-2-3-7-14(12)15/h2-10,16-17H,1H3. The summed E-state index contributed by atoms with van der Waals surface area (Å²) < 4.78 is 5.26. The number of furan rings is 1. The first-order valence-corrected chi connectivity index (χ1v) is 5.97. The second kappa shape index (κ2) is 4.31. The largest absolute Gasteiger partial charge is 0.469 e. The van der Waals surface area contributed by atoms with E-state index >= 15 is 0 Å². The Hall–Kier alpha value is -2.06. The monoisotopic (exact) mass is 238 g/mol. The van der Waals surface area contributed by atoms with E-state index < -0.39 is 6.10 Å². The summed E-state index contributed by atoms with van der Waals surface area (Å²) in [5.74, 6) is 0.760. The first-order chi connectivity index (χ1) is 8.77. The molecule has 0 bridgehead atoms. The van der Waals surface area contributed by atoms with E-state index in [4.69, 9.17) is 4.42 Å². The van der Waals surface area contributed by atoms with E-state index in [9.17, 15) is 5.11 Å². The van der Waals surface area contributed by atoms with E-state index in [2.05, 4.69) is 0 Å². The van der Waals surface area contributed by atoms with Crippen LogP contribution in [0, 0.1) is 6.92 Å². The third-order valence-electron chi connectivity index (χ3n) is 3.31. The van der Waals surface area contributed by atoms with Gasteiger partial charge in [0.05, 0.1) is 6.26 Å². The molecule has 1 aromatic heterocycles. The van der Waals surface area contributed by atoms with Gasteiger partial charge in [-0.05, 0) is 29.3 Å². The molecule has 2 nitrogen and oxygen atoms in total. The van der Waals surface area contributed by atoms with Crippen molar-refractivity contribution >= 4 is 10.8 Å². The van der Waals surface area contributed by atoms with Crippen LogP contribution in [0.2, 0.25) is 0 Å². The fourth-order valence-electron chi connectivity index (χ4n) is 2.33. The highest BCUT2D eigenvalue weighted by atomic mass is 16.3. The molecule has 90 valence electrons. The number of rotatable bonds is 2. The SMILES string of the molecule is Cc1occc1C(O)c1cccc2ccccc12. The normalized spacial score (nSPS) is 12.8. The van der Waals surface area contributed by atoms with Crippen molar-refractivity contribution in [2.45, 2.75) is 13.0 Å². The minimum absolute atomic E-state index is 0.644. The van der Waals surface area contributed by atoms with Crippen molar-refractivity contribution in [2.24, 2.45) is 0 Å². The fourth-order valence-corrected chi connectivity index (χ4v) is 2.33. The van der Waals surface area contributed by atoms with Gasteiger partial charge in [-0.15, -0.1) is 0 Å². The summed E-state index contributed by atoms with van der Waals surface area (Å²) in [6.45, 7) is 1.86. The topological polar surface area (TPSA) is 33.4 Å². The summed E-state index contributed by atoms with van der Waals surface area (Å²) in [5, 5.41) is 12.7. The van der Waals surface area contributed by atoms with Gasteiger partial charge >= 0.3 is 0 Å². The maximum Gasteiger partial charge on any atom is 0.108 e. The van der Waals surface area contributed by atoms with Crippen LogP contribution in [-0.4, -0.2) is 5.11 Å². The van der Waals surface area contributed by atoms with Crippen LogP contribution in [0.3, 0.4) is 0 Å². The summed E-state index contributed by atoms with van der Waals surface area (Å²) in [4.78, 5) is 0. The van der Waals surface area contributed by atoms with Crippen molar-refractivity contribution < 1.29 is 9.52 Å². The van der Waals surface area contributed by atoms with Crippen molar-refractivity contribution in [3.63, 3.8) is 0 Å². The van der Waals surface area contributed by atoms with Crippen molar-refractivity contribution in [1.82, 2.24) is 0 Å². The number of fused-ring (bicyclic) bond motifs is 1. The molecule has 2 heteroatoms. The average molecular weight is 238 g/mol. The molecular weight excluding hydrogens is 224 g/mol. The summed E-state index contributed by atoms with van der Waals surface area (Å²) in [5.41, 5.74) is 1.74. The third kappa shape index (κ3) is 1.71. The molecule has 1 atom stereocenters. The minimum Gasteiger partial charge on any atom is -0.469 e. The predicted octanol–water partition coefficient (Wildman–Crippen LogP) is 3.82. The zero-order chi connectivity index (χ0) is 12.5. The lowest BCUT2D eigenvalue weighted by Gasteiger charge is -2.13. The molecule has 0 aliphatic carbocycles. The second-order valence-corrected chi connectivity index (χ2v) is 4.40. The van der Waals surface area contributed by atoms with Crippen molar-refractivity contribution in [1.29, 1.82) is 0 Å². The van der Waals surface area contributed by atoms with Gasteiger partial charge in [-0.1, -0.05) is 42.5 Å². The summed E-state index contributed by atoms with van der Waals surface area (Å²) >= 11 is 0. The van der Waals surface area contributed by atoms with E-state index in [-0.39, 0.29) is 0 Å². The third-order valence-corrected chi connectivity index (χ3v) is 3.31. The molecule has 0 saturated heterocycles. The van der Waals surface area contributed by atoms with Crippen LogP contribution in [0.5, 0.6) is 0 Å². The Kier molecular flexibility index (Phi) is 2.65. The van der Waals surface area contributed by atoms with Crippen LogP contribution in [0.15, 0.2) is 59.2 Å². The van der Waals surface area contributed by atoms with Gasteiger partial charge in [0.2, 0.25) is 0 Å². The van der Waals surface area contributed by atoms with Gasteiger partial charge in [0.1, 0.15) is 11.9 Å². The number of hydrogen-bond donors (Lipinski definition) is 1. The Labute approximate surface area is 105 Å². The number of aliphatic hydroxyl groups excluding tert-OH is 1. The molecule has 1 unspecified atom stereocenters. The molecule has 0 amide bonds. The Morgan fingerprint density at radius 1 is 0.944 bits per heavy atom. The molecule has 1 N–H and O–H groups in total. The van der Waals surface area contributed by atoms with E-state index in [1.54, 1.807) is 6.26 Å². The number of hydrogen-bond acceptors (Lipinski definition) is 2. The Bertz CT molecular complexity index is 677. The lowest BCUT2D eigenvalue weighted by molar-refractivity contribution is 0.219. The molecule has 0 fully saturated rings. The molecular formula is C16H14O2. The van der Waals surface area contributed by atoms with Crippen LogP contribution < -0.4 is 0 Å². The summed E-state index contributed by atoms with van der Waals surface area (Å²) in [6, 6.07) is 15.9. The molecule has 0 aliphatic heterocycles. The summed E-state index contributed by atoms with van der Waals surface area (Å²) in [7, 11) is 0. The molecule has 0 radical (unpaired) electrons. The van der Waals surface area contributed by atoms with Crippen molar-refractivity contribution in [3.05, 3.63) is 71.7 Å². The van der Waals surface area contributed by atoms with E-state index in [1.165, 1.54) is 0 Å². The van der Waals surface area contributed by atoms with Crippen molar-refractivity contribution in [2.75, 3.05) is 0 Å². The molecule has 1 heterocycles. The van der Waals surface area contributed by atoms with Gasteiger partial charge in [-0.3, -0.25) is 0 Å². The molecule has 3 aromatic rings. The molecule has 0 saturated carbocycles. The highest BCUT2D eigenvalue weighted by Crippen LogP contribution is 2.30. The Balaban J connectivity index is 2.18. The van der Waals surface area contributed by atoms with Gasteiger partial charge in [0, 0.05) is 5.56 Å². The average Bonchev–Trinajstić information content (AvgIpc) is 2.83. The van der Waals surface area contributed by atoms with E-state index in [1.807, 2.05) is 55.5 Å². The first kappa shape index (κ1) is 11.1. The second-order valence-electron chi connectivity index (χ2n) is 4.40. The quantitative estimate of drug-likeness (QED) is 0.736. The van der Waals surface area contributed by atoms with Crippen molar-refractivity contribution in [3.8, 4) is 0 Å². The number of benzene rings is 2. The summed E-state index contributed by atoms with van der Waals surface area (Å²) in [6.07, 6.45) is 0.966. The van der Waals surface area contributed by atoms with Gasteiger partial charge in [0.25, 0.3) is 0 Å². The molecule has 18 heavy (non-hydrogen) atoms. The van der Waals surface area contributed by atoms with Crippen LogP contribution >= 0.6 is 0 Å². The lowest BCUT2D eigenvalue weighted by Crippen LogP contribution is -2.00. The number of aryl methyl sites for hydroxylation is 1. The number of aliphatic hydroxyl groups is 1. The lowest BCUT2D eigenvalue weighted by atomic mass is 9.96. The zero-order valence-electron chi connectivity index (χ0n) is 10.1. The minimum atomic E-state index is -0.644. The maximum absolute atomic E-state index is 10.5. The van der Waals surface area contributed by atoms with Gasteiger partial charge < -0.3 is 9.52 Å². The molecule has 2 aromatic carbocycles. The predicted molar refractivity (Wildman–Crippen MR) is 71.5 cm³/mol. The fraction of sp³-hybridized carbons (Fsp3) is 0.125. The molecule has 0 spiro atoms. The first-order valence-electron chi connectivity index (χ1n) is 5.97. The van der Waals surface area contributed by atoms with E-state index in [0.29, 0.717) is 0 Å². The highest BCUT2D eigenvalue weighted by Gasteiger charge is 2.16. The highest BCUT2D eigenvalue weighted by molar-refractivity contribution is 5.86. The zero-order valence-corrected chi connectivity index (χ0v) is 10.1.